The summed E-state index contributed by atoms with van der Waals surface area (Å²) >= 11 is 1.69. The van der Waals surface area contributed by atoms with Crippen molar-refractivity contribution in [3.63, 3.8) is 0 Å². The van der Waals surface area contributed by atoms with E-state index in [0.29, 0.717) is 5.41 Å². The molecule has 2 aromatic rings. The Labute approximate surface area is 178 Å². The van der Waals surface area contributed by atoms with E-state index >= 15 is 0 Å². The van der Waals surface area contributed by atoms with Crippen LogP contribution in [-0.2, 0) is 16.0 Å². The highest BCUT2D eigenvalue weighted by Crippen LogP contribution is 2.60. The third-order valence-corrected chi connectivity index (χ3v) is 8.73. The third-order valence-electron chi connectivity index (χ3n) is 7.52. The van der Waals surface area contributed by atoms with Gasteiger partial charge in [-0.25, -0.2) is 0 Å². The van der Waals surface area contributed by atoms with Crippen LogP contribution in [0.15, 0.2) is 54.6 Å². The number of benzene rings is 2. The number of nitrogens with one attached hydrogen (secondary N) is 1. The minimum absolute atomic E-state index is 0.0713. The molecule has 0 heterocycles. The normalized spacial score (nSPS) is 30.9. The number of thioether (sulfide) groups is 1. The molecule has 4 fully saturated rings. The predicted octanol–water partition coefficient (Wildman–Crippen LogP) is 6.41. The Bertz CT molecular complexity index is 825. The Balaban J connectivity index is 1.20. The number of carbonyl (C=O) groups excluding carboxylic acids is 1. The summed E-state index contributed by atoms with van der Waals surface area (Å²) in [4.78, 5) is 12.6. The fraction of sp³-hybridized carbons (Fsp3) is 0.500. The minimum Gasteiger partial charge on any atom is -0.325 e. The van der Waals surface area contributed by atoms with E-state index in [1.807, 2.05) is 25.1 Å². The van der Waals surface area contributed by atoms with Gasteiger partial charge in [-0.1, -0.05) is 42.5 Å². The molecule has 3 heteroatoms. The Hall–Kier alpha value is -1.74. The summed E-state index contributed by atoms with van der Waals surface area (Å²) in [7, 11) is 0. The maximum atomic E-state index is 12.6. The van der Waals surface area contributed by atoms with Gasteiger partial charge in [0.15, 0.2) is 0 Å². The van der Waals surface area contributed by atoms with Crippen LogP contribution in [0.4, 0.5) is 5.69 Å². The number of rotatable bonds is 6. The molecule has 4 aliphatic carbocycles. The summed E-state index contributed by atoms with van der Waals surface area (Å²) in [5.74, 6) is 3.84. The topological polar surface area (TPSA) is 29.1 Å². The molecule has 1 N–H and O–H groups in total. The molecule has 0 unspecified atom stereocenters. The zero-order valence-electron chi connectivity index (χ0n) is 17.3. The number of amides is 1. The molecule has 4 aliphatic rings. The highest BCUT2D eigenvalue weighted by Gasteiger charge is 2.51. The minimum atomic E-state index is -0.0713. The van der Waals surface area contributed by atoms with Crippen LogP contribution in [-0.4, -0.2) is 11.2 Å². The smallest absolute Gasteiger partial charge is 0.237 e. The molecule has 6 rings (SSSR count). The van der Waals surface area contributed by atoms with Crippen molar-refractivity contribution >= 4 is 23.4 Å². The lowest BCUT2D eigenvalue weighted by Crippen LogP contribution is -2.48. The second kappa shape index (κ2) is 7.83. The van der Waals surface area contributed by atoms with Crippen molar-refractivity contribution in [1.82, 2.24) is 0 Å². The Morgan fingerprint density at radius 1 is 0.966 bits per heavy atom. The van der Waals surface area contributed by atoms with Crippen molar-refractivity contribution < 1.29 is 4.79 Å². The zero-order valence-corrected chi connectivity index (χ0v) is 18.1. The molecular weight excluding hydrogens is 374 g/mol. The summed E-state index contributed by atoms with van der Waals surface area (Å²) in [6.45, 7) is 1.99. The molecule has 2 nitrogen and oxygen atoms in total. The summed E-state index contributed by atoms with van der Waals surface area (Å²) in [5.41, 5.74) is 4.13. The van der Waals surface area contributed by atoms with E-state index in [1.165, 1.54) is 49.7 Å². The molecule has 1 amide bonds. The van der Waals surface area contributed by atoms with E-state index in [2.05, 4.69) is 41.7 Å². The van der Waals surface area contributed by atoms with Gasteiger partial charge in [-0.05, 0) is 91.9 Å². The largest absolute Gasteiger partial charge is 0.325 e. The van der Waals surface area contributed by atoms with E-state index in [-0.39, 0.29) is 11.2 Å². The highest BCUT2D eigenvalue weighted by atomic mass is 32.2. The van der Waals surface area contributed by atoms with Crippen molar-refractivity contribution in [3.8, 4) is 0 Å². The van der Waals surface area contributed by atoms with Crippen LogP contribution in [0.1, 0.15) is 56.6 Å². The predicted molar refractivity (Wildman–Crippen MR) is 122 cm³/mol. The first-order valence-corrected chi connectivity index (χ1v) is 12.2. The molecule has 152 valence electrons. The zero-order chi connectivity index (χ0) is 19.8. The SMILES string of the molecule is C[C@@H](SCc1ccccc1)C(=O)Nc1ccc(C23CC4CC(CC(C4)C2)C3)cc1. The lowest BCUT2D eigenvalue weighted by molar-refractivity contribution is -0.115. The van der Waals surface area contributed by atoms with Crippen LogP contribution < -0.4 is 5.32 Å². The van der Waals surface area contributed by atoms with Gasteiger partial charge in [0.05, 0.1) is 5.25 Å². The molecule has 4 saturated carbocycles. The molecular formula is C26H31NOS. The molecule has 0 radical (unpaired) electrons. The van der Waals surface area contributed by atoms with E-state index in [1.54, 1.807) is 11.8 Å². The van der Waals surface area contributed by atoms with E-state index in [4.69, 9.17) is 0 Å². The van der Waals surface area contributed by atoms with E-state index in [0.717, 1.165) is 29.2 Å². The average Bonchev–Trinajstić information content (AvgIpc) is 2.72. The lowest BCUT2D eigenvalue weighted by atomic mass is 9.48. The molecule has 4 bridgehead atoms. The second-order valence-corrected chi connectivity index (χ2v) is 11.0. The molecule has 0 aliphatic heterocycles. The van der Waals surface area contributed by atoms with Gasteiger partial charge in [0.2, 0.25) is 5.91 Å². The number of hydrogen-bond donors (Lipinski definition) is 1. The molecule has 29 heavy (non-hydrogen) atoms. The van der Waals surface area contributed by atoms with E-state index in [9.17, 15) is 4.79 Å². The summed E-state index contributed by atoms with van der Waals surface area (Å²) in [6.07, 6.45) is 8.59. The van der Waals surface area contributed by atoms with Crippen LogP contribution in [0, 0.1) is 17.8 Å². The summed E-state index contributed by atoms with van der Waals surface area (Å²) in [5, 5.41) is 3.05. The van der Waals surface area contributed by atoms with Crippen LogP contribution in [0.2, 0.25) is 0 Å². The monoisotopic (exact) mass is 405 g/mol. The number of hydrogen-bond acceptors (Lipinski definition) is 2. The third kappa shape index (κ3) is 3.99. The first-order valence-electron chi connectivity index (χ1n) is 11.2. The first-order chi connectivity index (χ1) is 14.1. The molecule has 2 aromatic carbocycles. The van der Waals surface area contributed by atoms with Crippen LogP contribution >= 0.6 is 11.8 Å². The van der Waals surface area contributed by atoms with Crippen molar-refractivity contribution in [2.24, 2.45) is 17.8 Å². The van der Waals surface area contributed by atoms with Crippen molar-refractivity contribution in [2.45, 2.75) is 61.9 Å². The van der Waals surface area contributed by atoms with Crippen LogP contribution in [0.3, 0.4) is 0 Å². The Kier molecular flexibility index (Phi) is 5.19. The van der Waals surface area contributed by atoms with Gasteiger partial charge in [0.25, 0.3) is 0 Å². The first kappa shape index (κ1) is 19.2. The molecule has 0 spiro atoms. The fourth-order valence-corrected chi connectivity index (χ4v) is 7.33. The van der Waals surface area contributed by atoms with Gasteiger partial charge in [0.1, 0.15) is 0 Å². The Morgan fingerprint density at radius 2 is 1.55 bits per heavy atom. The van der Waals surface area contributed by atoms with Gasteiger partial charge in [0, 0.05) is 11.4 Å². The molecule has 0 aromatic heterocycles. The number of carbonyl (C=O) groups is 1. The summed E-state index contributed by atoms with van der Waals surface area (Å²) in [6, 6.07) is 19.2. The lowest BCUT2D eigenvalue weighted by Gasteiger charge is -2.57. The van der Waals surface area contributed by atoms with Gasteiger partial charge in [-0.15, -0.1) is 11.8 Å². The Morgan fingerprint density at radius 3 is 2.14 bits per heavy atom. The van der Waals surface area contributed by atoms with Gasteiger partial charge in [-0.2, -0.15) is 0 Å². The van der Waals surface area contributed by atoms with Gasteiger partial charge < -0.3 is 5.32 Å². The fourth-order valence-electron chi connectivity index (χ4n) is 6.49. The summed E-state index contributed by atoms with van der Waals surface area (Å²) < 4.78 is 0. The van der Waals surface area contributed by atoms with E-state index < -0.39 is 0 Å². The standard InChI is InChI=1S/C26H31NOS/c1-18(29-17-19-5-3-2-4-6-19)25(28)27-24-9-7-23(8-10-24)26-14-20-11-21(15-26)13-22(12-20)16-26/h2-10,18,20-22H,11-17H2,1H3,(H,27,28)/t18-,20?,21?,22?,26?/m1/s1. The highest BCUT2D eigenvalue weighted by molar-refractivity contribution is 7.99. The maximum absolute atomic E-state index is 12.6. The van der Waals surface area contributed by atoms with Crippen LogP contribution in [0.25, 0.3) is 0 Å². The molecule has 1 atom stereocenters. The van der Waals surface area contributed by atoms with Crippen molar-refractivity contribution in [1.29, 1.82) is 0 Å². The van der Waals surface area contributed by atoms with Crippen LogP contribution in [0.5, 0.6) is 0 Å². The average molecular weight is 406 g/mol. The second-order valence-electron chi connectivity index (χ2n) is 9.70. The number of anilines is 1. The molecule has 0 saturated heterocycles. The van der Waals surface area contributed by atoms with Crippen molar-refractivity contribution in [2.75, 3.05) is 5.32 Å². The quantitative estimate of drug-likeness (QED) is 0.601. The van der Waals surface area contributed by atoms with Crippen molar-refractivity contribution in [3.05, 3.63) is 65.7 Å². The van der Waals surface area contributed by atoms with Gasteiger partial charge in [-0.3, -0.25) is 4.79 Å². The van der Waals surface area contributed by atoms with Gasteiger partial charge >= 0.3 is 0 Å². The maximum Gasteiger partial charge on any atom is 0.237 e.